The molecule has 18 heavy (non-hydrogen) atoms. The zero-order valence-electron chi connectivity index (χ0n) is 10.2. The number of carbonyl (C=O) groups is 1. The van der Waals surface area contributed by atoms with Crippen LogP contribution >= 0.6 is 0 Å². The maximum absolute atomic E-state index is 10.9. The highest BCUT2D eigenvalue weighted by Crippen LogP contribution is 2.33. The predicted octanol–water partition coefficient (Wildman–Crippen LogP) is 3.08. The average Bonchev–Trinajstić information content (AvgIpc) is 2.82. The van der Waals surface area contributed by atoms with Crippen LogP contribution in [0.25, 0.3) is 5.52 Å². The van der Waals surface area contributed by atoms with E-state index in [0.717, 1.165) is 5.52 Å². The van der Waals surface area contributed by atoms with Crippen molar-refractivity contribution in [1.29, 1.82) is 0 Å². The second-order valence-corrected chi connectivity index (χ2v) is 5.02. The lowest BCUT2D eigenvalue weighted by atomic mass is 9.85. The number of aromatic nitrogens is 2. The van der Waals surface area contributed by atoms with Gasteiger partial charge in [0.25, 0.3) is 0 Å². The molecule has 94 valence electrons. The van der Waals surface area contributed by atoms with E-state index >= 15 is 0 Å². The molecule has 0 aliphatic heterocycles. The summed E-state index contributed by atoms with van der Waals surface area (Å²) in [6.07, 6.45) is 10.1. The molecule has 4 heteroatoms. The van der Waals surface area contributed by atoms with Crippen molar-refractivity contribution in [2.75, 3.05) is 0 Å². The number of hydrogen-bond donors (Lipinski definition) is 1. The first-order valence-corrected chi connectivity index (χ1v) is 6.45. The number of rotatable bonds is 2. The summed E-state index contributed by atoms with van der Waals surface area (Å²) in [6, 6.07) is 3.73. The normalized spacial score (nSPS) is 17.1. The molecule has 0 amide bonds. The van der Waals surface area contributed by atoms with E-state index in [1.165, 1.54) is 37.7 Å². The highest BCUT2D eigenvalue weighted by molar-refractivity contribution is 5.86. The molecule has 0 saturated heterocycles. The van der Waals surface area contributed by atoms with Crippen molar-refractivity contribution in [1.82, 2.24) is 9.38 Å². The van der Waals surface area contributed by atoms with Crippen LogP contribution in [0.1, 0.15) is 54.1 Å². The zero-order chi connectivity index (χ0) is 12.5. The Balaban J connectivity index is 1.97. The lowest BCUT2D eigenvalue weighted by molar-refractivity contribution is 0.0690. The van der Waals surface area contributed by atoms with Gasteiger partial charge in [0.05, 0.1) is 0 Å². The molecule has 1 saturated carbocycles. The Kier molecular flexibility index (Phi) is 2.78. The van der Waals surface area contributed by atoms with E-state index in [1.54, 1.807) is 12.4 Å². The second-order valence-electron chi connectivity index (χ2n) is 5.02. The van der Waals surface area contributed by atoms with E-state index in [4.69, 9.17) is 5.11 Å². The molecule has 1 N–H and O–H groups in total. The Bertz CT molecular complexity index is 582. The monoisotopic (exact) mass is 244 g/mol. The third-order valence-electron chi connectivity index (χ3n) is 3.80. The van der Waals surface area contributed by atoms with Crippen LogP contribution in [0, 0.1) is 0 Å². The summed E-state index contributed by atoms with van der Waals surface area (Å²) in [6.45, 7) is 0. The van der Waals surface area contributed by atoms with Gasteiger partial charge in [0, 0.05) is 11.7 Å². The molecule has 4 nitrogen and oxygen atoms in total. The number of nitrogens with zero attached hydrogens (tertiary/aromatic N) is 2. The van der Waals surface area contributed by atoms with Crippen molar-refractivity contribution in [3.05, 3.63) is 35.9 Å². The number of aromatic carboxylic acids is 1. The van der Waals surface area contributed by atoms with Gasteiger partial charge in [-0.15, -0.1) is 0 Å². The fourth-order valence-electron chi connectivity index (χ4n) is 2.81. The number of hydrogen-bond acceptors (Lipinski definition) is 2. The summed E-state index contributed by atoms with van der Waals surface area (Å²) in [7, 11) is 0. The van der Waals surface area contributed by atoms with Gasteiger partial charge in [-0.3, -0.25) is 0 Å². The first-order valence-electron chi connectivity index (χ1n) is 6.45. The lowest BCUT2D eigenvalue weighted by Gasteiger charge is -2.20. The Hall–Kier alpha value is -1.84. The summed E-state index contributed by atoms with van der Waals surface area (Å²) in [5.41, 5.74) is 2.35. The molecule has 0 aromatic carbocycles. The van der Waals surface area contributed by atoms with Crippen molar-refractivity contribution in [3.63, 3.8) is 0 Å². The van der Waals surface area contributed by atoms with Crippen LogP contribution in [0.4, 0.5) is 0 Å². The molecular weight excluding hydrogens is 228 g/mol. The maximum atomic E-state index is 10.9. The highest BCUT2D eigenvalue weighted by Gasteiger charge is 2.17. The fraction of sp³-hybridized carbons (Fsp3) is 0.429. The van der Waals surface area contributed by atoms with E-state index in [0.29, 0.717) is 5.92 Å². The maximum Gasteiger partial charge on any atom is 0.354 e. The van der Waals surface area contributed by atoms with Crippen LogP contribution < -0.4 is 0 Å². The number of fused-ring (bicyclic) bond motifs is 1. The van der Waals surface area contributed by atoms with Gasteiger partial charge in [-0.2, -0.15) is 0 Å². The van der Waals surface area contributed by atoms with E-state index in [-0.39, 0.29) is 5.69 Å². The van der Waals surface area contributed by atoms with Crippen LogP contribution in [0.5, 0.6) is 0 Å². The minimum atomic E-state index is -0.974. The van der Waals surface area contributed by atoms with Crippen LogP contribution in [0.3, 0.4) is 0 Å². The zero-order valence-corrected chi connectivity index (χ0v) is 10.2. The van der Waals surface area contributed by atoms with Crippen LogP contribution in [0.15, 0.2) is 24.7 Å². The van der Waals surface area contributed by atoms with Crippen LogP contribution in [-0.2, 0) is 0 Å². The van der Waals surface area contributed by atoms with Gasteiger partial charge < -0.3 is 9.51 Å². The topological polar surface area (TPSA) is 54.6 Å². The molecular formula is C14H16N2O2. The molecule has 2 aromatic heterocycles. The molecule has 0 atom stereocenters. The van der Waals surface area contributed by atoms with Crippen molar-refractivity contribution < 1.29 is 9.90 Å². The van der Waals surface area contributed by atoms with E-state index in [2.05, 4.69) is 17.2 Å². The van der Waals surface area contributed by atoms with Crippen molar-refractivity contribution in [2.24, 2.45) is 0 Å². The third-order valence-corrected chi connectivity index (χ3v) is 3.80. The van der Waals surface area contributed by atoms with Gasteiger partial charge in [-0.05, 0) is 36.5 Å². The van der Waals surface area contributed by atoms with Gasteiger partial charge >= 0.3 is 5.97 Å². The molecule has 3 rings (SSSR count). The van der Waals surface area contributed by atoms with E-state index in [9.17, 15) is 4.79 Å². The van der Waals surface area contributed by atoms with Crippen molar-refractivity contribution >= 4 is 11.5 Å². The van der Waals surface area contributed by atoms with E-state index < -0.39 is 5.97 Å². The summed E-state index contributed by atoms with van der Waals surface area (Å²) in [5, 5.41) is 8.93. The average molecular weight is 244 g/mol. The van der Waals surface area contributed by atoms with Gasteiger partial charge in [0.2, 0.25) is 0 Å². The number of carboxylic acid groups (broad SMARTS) is 1. The summed E-state index contributed by atoms with van der Waals surface area (Å²) in [4.78, 5) is 14.8. The Morgan fingerprint density at radius 2 is 2.06 bits per heavy atom. The summed E-state index contributed by atoms with van der Waals surface area (Å²) in [5.74, 6) is -0.343. The highest BCUT2D eigenvalue weighted by atomic mass is 16.4. The number of carboxylic acids is 1. The fourth-order valence-corrected chi connectivity index (χ4v) is 2.81. The third kappa shape index (κ3) is 1.98. The molecule has 2 heterocycles. The SMILES string of the molecule is O=C(O)c1cc2cc(C3CCCCC3)cn2cn1. The molecule has 2 aromatic rings. The summed E-state index contributed by atoms with van der Waals surface area (Å²) < 4.78 is 1.91. The Morgan fingerprint density at radius 3 is 2.78 bits per heavy atom. The van der Waals surface area contributed by atoms with Gasteiger partial charge in [0.1, 0.15) is 6.33 Å². The first kappa shape index (κ1) is 11.3. The first-order chi connectivity index (χ1) is 8.74. The molecule has 0 spiro atoms. The molecule has 1 aliphatic rings. The molecule has 1 aliphatic carbocycles. The van der Waals surface area contributed by atoms with Crippen LogP contribution in [-0.4, -0.2) is 20.5 Å². The predicted molar refractivity (Wildman–Crippen MR) is 68.0 cm³/mol. The van der Waals surface area contributed by atoms with Crippen LogP contribution in [0.2, 0.25) is 0 Å². The van der Waals surface area contributed by atoms with E-state index in [1.807, 2.05) is 4.40 Å². The quantitative estimate of drug-likeness (QED) is 0.883. The summed E-state index contributed by atoms with van der Waals surface area (Å²) >= 11 is 0. The minimum absolute atomic E-state index is 0.107. The molecule has 1 fully saturated rings. The molecule has 0 unspecified atom stereocenters. The smallest absolute Gasteiger partial charge is 0.354 e. The van der Waals surface area contributed by atoms with Gasteiger partial charge in [-0.1, -0.05) is 19.3 Å². The lowest BCUT2D eigenvalue weighted by Crippen LogP contribution is -2.03. The van der Waals surface area contributed by atoms with Gasteiger partial charge in [0.15, 0.2) is 5.69 Å². The van der Waals surface area contributed by atoms with Gasteiger partial charge in [-0.25, -0.2) is 9.78 Å². The Morgan fingerprint density at radius 1 is 1.28 bits per heavy atom. The standard InChI is InChI=1S/C14H16N2O2/c17-14(18)13-7-12-6-11(8-16(12)9-15-13)10-4-2-1-3-5-10/h6-10H,1-5H2,(H,17,18). The second kappa shape index (κ2) is 4.44. The largest absolute Gasteiger partial charge is 0.477 e. The Labute approximate surface area is 105 Å². The van der Waals surface area contributed by atoms with Crippen molar-refractivity contribution in [2.45, 2.75) is 38.0 Å². The molecule has 0 bridgehead atoms. The minimum Gasteiger partial charge on any atom is -0.477 e. The molecule has 0 radical (unpaired) electrons. The van der Waals surface area contributed by atoms with Crippen molar-refractivity contribution in [3.8, 4) is 0 Å².